The highest BCUT2D eigenvalue weighted by molar-refractivity contribution is 5.32. The van der Waals surface area contributed by atoms with E-state index in [9.17, 15) is 0 Å². The fourth-order valence-corrected chi connectivity index (χ4v) is 3.95. The number of aryl methyl sites for hydroxylation is 1. The minimum atomic E-state index is 0.759. The van der Waals surface area contributed by atoms with Gasteiger partial charge in [0.05, 0.1) is 0 Å². The minimum Gasteiger partial charge on any atom is -0.314 e. The van der Waals surface area contributed by atoms with E-state index in [-0.39, 0.29) is 0 Å². The smallest absolute Gasteiger partial charge is 0.0101 e. The van der Waals surface area contributed by atoms with Crippen molar-refractivity contribution >= 4 is 0 Å². The van der Waals surface area contributed by atoms with Gasteiger partial charge in [0.2, 0.25) is 0 Å². The number of nitrogens with one attached hydrogen (secondary N) is 1. The molecule has 1 fully saturated rings. The Morgan fingerprint density at radius 2 is 2.00 bits per heavy atom. The molecule has 2 atom stereocenters. The van der Waals surface area contributed by atoms with E-state index in [0.29, 0.717) is 0 Å². The predicted octanol–water partition coefficient (Wildman–Crippen LogP) is 4.27. The summed E-state index contributed by atoms with van der Waals surface area (Å²) in [6.07, 6.45) is 9.78. The summed E-state index contributed by atoms with van der Waals surface area (Å²) in [5.74, 6) is 1.75. The Morgan fingerprint density at radius 1 is 1.16 bits per heavy atom. The summed E-state index contributed by atoms with van der Waals surface area (Å²) >= 11 is 0. The molecule has 19 heavy (non-hydrogen) atoms. The summed E-state index contributed by atoms with van der Waals surface area (Å²) in [7, 11) is 0. The summed E-state index contributed by atoms with van der Waals surface area (Å²) in [6, 6.07) is 9.91. The molecule has 0 radical (unpaired) electrons. The van der Waals surface area contributed by atoms with Crippen LogP contribution in [0.2, 0.25) is 0 Å². The summed E-state index contributed by atoms with van der Waals surface area (Å²) in [4.78, 5) is 0. The normalized spacial score (nSPS) is 24.6. The van der Waals surface area contributed by atoms with Gasteiger partial charge < -0.3 is 5.32 Å². The van der Waals surface area contributed by atoms with Crippen molar-refractivity contribution in [3.05, 3.63) is 35.4 Å². The van der Waals surface area contributed by atoms with Crippen molar-refractivity contribution in [2.24, 2.45) is 5.92 Å². The first-order valence-electron chi connectivity index (χ1n) is 8.19. The monoisotopic (exact) mass is 257 g/mol. The van der Waals surface area contributed by atoms with Gasteiger partial charge in [0.15, 0.2) is 0 Å². The third-order valence-electron chi connectivity index (χ3n) is 5.22. The van der Waals surface area contributed by atoms with Crippen molar-refractivity contribution in [2.75, 3.05) is 6.54 Å². The maximum Gasteiger partial charge on any atom is 0.0101 e. The second-order valence-electron chi connectivity index (χ2n) is 6.38. The standard InChI is InChI=1S/C18H27N/c1-2-19-18(15-9-6-10-15)13-16-11-5-8-14-7-3-4-12-17(14)16/h3-4,7,12,15-16,18-19H,2,5-6,8-11,13H2,1H3. The van der Waals surface area contributed by atoms with Crippen LogP contribution in [0.1, 0.15) is 62.5 Å². The summed E-state index contributed by atoms with van der Waals surface area (Å²) in [6.45, 7) is 3.37. The van der Waals surface area contributed by atoms with Gasteiger partial charge >= 0.3 is 0 Å². The molecule has 0 aliphatic heterocycles. The van der Waals surface area contributed by atoms with Crippen LogP contribution in [0.4, 0.5) is 0 Å². The van der Waals surface area contributed by atoms with Crippen molar-refractivity contribution in [1.29, 1.82) is 0 Å². The van der Waals surface area contributed by atoms with E-state index in [0.717, 1.165) is 24.4 Å². The molecule has 1 saturated carbocycles. The van der Waals surface area contributed by atoms with Crippen LogP contribution >= 0.6 is 0 Å². The summed E-state index contributed by atoms with van der Waals surface area (Å²) in [5, 5.41) is 3.76. The zero-order valence-corrected chi connectivity index (χ0v) is 12.2. The lowest BCUT2D eigenvalue weighted by atomic mass is 9.73. The minimum absolute atomic E-state index is 0.759. The van der Waals surface area contributed by atoms with Gasteiger partial charge in [0, 0.05) is 6.04 Å². The number of fused-ring (bicyclic) bond motifs is 1. The highest BCUT2D eigenvalue weighted by Gasteiger charge is 2.30. The Kier molecular flexibility index (Phi) is 4.22. The molecule has 104 valence electrons. The molecule has 0 heterocycles. The summed E-state index contributed by atoms with van der Waals surface area (Å²) < 4.78 is 0. The van der Waals surface area contributed by atoms with Gasteiger partial charge in [0.1, 0.15) is 0 Å². The number of hydrogen-bond acceptors (Lipinski definition) is 1. The second kappa shape index (κ2) is 6.09. The molecule has 1 nitrogen and oxygen atoms in total. The number of hydrogen-bond donors (Lipinski definition) is 1. The van der Waals surface area contributed by atoms with Gasteiger partial charge in [-0.15, -0.1) is 0 Å². The van der Waals surface area contributed by atoms with Crippen LogP contribution in [-0.2, 0) is 6.42 Å². The number of rotatable bonds is 5. The molecule has 2 aliphatic rings. The van der Waals surface area contributed by atoms with E-state index in [1.807, 2.05) is 0 Å². The van der Waals surface area contributed by atoms with Crippen LogP contribution < -0.4 is 5.32 Å². The lowest BCUT2D eigenvalue weighted by molar-refractivity contribution is 0.210. The zero-order chi connectivity index (χ0) is 13.1. The quantitative estimate of drug-likeness (QED) is 0.830. The van der Waals surface area contributed by atoms with E-state index >= 15 is 0 Å². The Labute approximate surface area is 117 Å². The molecule has 0 aromatic heterocycles. The van der Waals surface area contributed by atoms with Crippen molar-refractivity contribution in [3.8, 4) is 0 Å². The predicted molar refractivity (Wildman–Crippen MR) is 81.5 cm³/mol. The van der Waals surface area contributed by atoms with E-state index < -0.39 is 0 Å². The Balaban J connectivity index is 1.71. The highest BCUT2D eigenvalue weighted by Crippen LogP contribution is 2.39. The molecule has 1 aromatic rings. The average Bonchev–Trinajstić information content (AvgIpc) is 2.37. The van der Waals surface area contributed by atoms with Crippen LogP contribution in [0.25, 0.3) is 0 Å². The molecule has 0 spiro atoms. The molecule has 1 aromatic carbocycles. The first-order chi connectivity index (χ1) is 9.38. The Hall–Kier alpha value is -0.820. The molecular weight excluding hydrogens is 230 g/mol. The molecule has 2 unspecified atom stereocenters. The molecule has 0 bridgehead atoms. The van der Waals surface area contributed by atoms with Gasteiger partial charge in [-0.25, -0.2) is 0 Å². The van der Waals surface area contributed by atoms with Gasteiger partial charge in [-0.1, -0.05) is 37.6 Å². The lowest BCUT2D eigenvalue weighted by Crippen LogP contribution is -2.40. The first kappa shape index (κ1) is 13.2. The van der Waals surface area contributed by atoms with Crippen molar-refractivity contribution in [1.82, 2.24) is 5.32 Å². The molecule has 0 amide bonds. The zero-order valence-electron chi connectivity index (χ0n) is 12.2. The maximum atomic E-state index is 3.76. The summed E-state index contributed by atoms with van der Waals surface area (Å²) in [5.41, 5.74) is 3.26. The van der Waals surface area contributed by atoms with Crippen LogP contribution in [0.5, 0.6) is 0 Å². The fraction of sp³-hybridized carbons (Fsp3) is 0.667. The third kappa shape index (κ3) is 2.86. The van der Waals surface area contributed by atoms with Crippen LogP contribution in [0.15, 0.2) is 24.3 Å². The van der Waals surface area contributed by atoms with Crippen molar-refractivity contribution in [3.63, 3.8) is 0 Å². The largest absolute Gasteiger partial charge is 0.314 e. The molecule has 1 N–H and O–H groups in total. The Morgan fingerprint density at radius 3 is 2.74 bits per heavy atom. The topological polar surface area (TPSA) is 12.0 Å². The maximum absolute atomic E-state index is 3.76. The van der Waals surface area contributed by atoms with E-state index in [1.165, 1.54) is 44.9 Å². The van der Waals surface area contributed by atoms with Gasteiger partial charge in [-0.05, 0) is 68.0 Å². The highest BCUT2D eigenvalue weighted by atomic mass is 14.9. The molecular formula is C18H27N. The van der Waals surface area contributed by atoms with Crippen LogP contribution in [0.3, 0.4) is 0 Å². The fourth-order valence-electron chi connectivity index (χ4n) is 3.95. The second-order valence-corrected chi connectivity index (χ2v) is 6.38. The molecule has 3 rings (SSSR count). The molecule has 0 saturated heterocycles. The van der Waals surface area contributed by atoms with E-state index in [4.69, 9.17) is 0 Å². The SMILES string of the molecule is CCNC(CC1CCCc2ccccc21)C1CCC1. The van der Waals surface area contributed by atoms with Crippen LogP contribution in [-0.4, -0.2) is 12.6 Å². The van der Waals surface area contributed by atoms with Crippen LogP contribution in [0, 0.1) is 5.92 Å². The van der Waals surface area contributed by atoms with Crippen molar-refractivity contribution in [2.45, 2.75) is 63.8 Å². The molecule has 2 aliphatic carbocycles. The van der Waals surface area contributed by atoms with E-state index in [1.54, 1.807) is 11.1 Å². The first-order valence-corrected chi connectivity index (χ1v) is 8.19. The number of benzene rings is 1. The van der Waals surface area contributed by atoms with Gasteiger partial charge in [-0.3, -0.25) is 0 Å². The molecule has 1 heteroatoms. The van der Waals surface area contributed by atoms with E-state index in [2.05, 4.69) is 36.5 Å². The average molecular weight is 257 g/mol. The van der Waals surface area contributed by atoms with Gasteiger partial charge in [-0.2, -0.15) is 0 Å². The van der Waals surface area contributed by atoms with Gasteiger partial charge in [0.25, 0.3) is 0 Å². The van der Waals surface area contributed by atoms with Crippen molar-refractivity contribution < 1.29 is 0 Å². The lowest BCUT2D eigenvalue weighted by Gasteiger charge is -2.37. The Bertz CT molecular complexity index is 408. The third-order valence-corrected chi connectivity index (χ3v) is 5.22.